The summed E-state index contributed by atoms with van der Waals surface area (Å²) in [5, 5.41) is 1.55. The van der Waals surface area contributed by atoms with E-state index in [0.29, 0.717) is 18.9 Å². The first-order chi connectivity index (χ1) is 6.91. The molecule has 3 nitrogen and oxygen atoms in total. The van der Waals surface area contributed by atoms with Gasteiger partial charge in [-0.1, -0.05) is 27.7 Å². The molecule has 1 atom stereocenters. The maximum absolute atomic E-state index is 11.9. The zero-order chi connectivity index (χ0) is 11.5. The number of amides is 1. The molecule has 0 spiro atoms. The molecule has 3 heteroatoms. The average Bonchev–Trinajstić information content (AvgIpc) is 2.17. The minimum Gasteiger partial charge on any atom is -0.273 e. The molecule has 1 aliphatic heterocycles. The predicted molar refractivity (Wildman–Crippen MR) is 60.1 cm³/mol. The molecule has 1 amide bonds. The second-order valence-electron chi connectivity index (χ2n) is 5.51. The van der Waals surface area contributed by atoms with Gasteiger partial charge in [-0.05, 0) is 24.2 Å². The van der Waals surface area contributed by atoms with Crippen LogP contribution in [0.5, 0.6) is 0 Å². The minimum absolute atomic E-state index is 0.136. The lowest BCUT2D eigenvalue weighted by Gasteiger charge is -2.31. The SMILES string of the molecule is CC(CC(=O)N1CCCCO1)C(C)(C)C. The third-order valence-corrected chi connectivity index (χ3v) is 3.24. The molecule has 1 saturated heterocycles. The standard InChI is InChI=1S/C12H23NO2/c1-10(12(2,3)4)9-11(14)13-7-5-6-8-15-13/h10H,5-9H2,1-4H3. The molecule has 0 radical (unpaired) electrons. The molecule has 0 aromatic carbocycles. The number of hydrogen-bond donors (Lipinski definition) is 0. The van der Waals surface area contributed by atoms with Gasteiger partial charge in [0, 0.05) is 13.0 Å². The van der Waals surface area contributed by atoms with E-state index in [2.05, 4.69) is 27.7 Å². The molecule has 1 aliphatic rings. The molecule has 0 saturated carbocycles. The third-order valence-electron chi connectivity index (χ3n) is 3.24. The van der Waals surface area contributed by atoms with Gasteiger partial charge in [-0.15, -0.1) is 0 Å². The van der Waals surface area contributed by atoms with Crippen molar-refractivity contribution in [2.45, 2.75) is 47.0 Å². The molecule has 0 aromatic heterocycles. The first-order valence-corrected chi connectivity index (χ1v) is 5.84. The van der Waals surface area contributed by atoms with E-state index in [9.17, 15) is 4.79 Å². The normalized spacial score (nSPS) is 20.1. The summed E-state index contributed by atoms with van der Waals surface area (Å²) >= 11 is 0. The largest absolute Gasteiger partial charge is 0.273 e. The molecule has 88 valence electrons. The molecular formula is C12H23NO2. The van der Waals surface area contributed by atoms with Crippen LogP contribution in [-0.4, -0.2) is 24.1 Å². The van der Waals surface area contributed by atoms with Crippen molar-refractivity contribution in [3.8, 4) is 0 Å². The van der Waals surface area contributed by atoms with Crippen LogP contribution in [0.1, 0.15) is 47.0 Å². The lowest BCUT2D eigenvalue weighted by molar-refractivity contribution is -0.198. The molecule has 0 bridgehead atoms. The van der Waals surface area contributed by atoms with Crippen LogP contribution in [0, 0.1) is 11.3 Å². The summed E-state index contributed by atoms with van der Waals surface area (Å²) in [7, 11) is 0. The first-order valence-electron chi connectivity index (χ1n) is 5.84. The number of hydroxylamine groups is 2. The maximum atomic E-state index is 11.9. The summed E-state index contributed by atoms with van der Waals surface area (Å²) in [6.07, 6.45) is 2.72. The monoisotopic (exact) mass is 213 g/mol. The molecule has 1 unspecified atom stereocenters. The fourth-order valence-electron chi connectivity index (χ4n) is 1.46. The summed E-state index contributed by atoms with van der Waals surface area (Å²) < 4.78 is 0. The average molecular weight is 213 g/mol. The fraction of sp³-hybridized carbons (Fsp3) is 0.917. The summed E-state index contributed by atoms with van der Waals surface area (Å²) in [5.41, 5.74) is 0.186. The second kappa shape index (κ2) is 4.97. The van der Waals surface area contributed by atoms with Gasteiger partial charge in [0.15, 0.2) is 0 Å². The van der Waals surface area contributed by atoms with Crippen molar-refractivity contribution in [1.29, 1.82) is 0 Å². The van der Waals surface area contributed by atoms with Gasteiger partial charge in [0.05, 0.1) is 6.61 Å². The van der Waals surface area contributed by atoms with Crippen molar-refractivity contribution in [2.24, 2.45) is 11.3 Å². The van der Waals surface area contributed by atoms with Gasteiger partial charge in [-0.3, -0.25) is 9.63 Å². The molecule has 0 aromatic rings. The van der Waals surface area contributed by atoms with Crippen molar-refractivity contribution in [1.82, 2.24) is 5.06 Å². The number of nitrogens with zero attached hydrogens (tertiary/aromatic N) is 1. The van der Waals surface area contributed by atoms with Crippen molar-refractivity contribution < 1.29 is 9.63 Å². The Bertz CT molecular complexity index is 214. The van der Waals surface area contributed by atoms with Crippen molar-refractivity contribution in [3.05, 3.63) is 0 Å². The predicted octanol–water partition coefficient (Wildman–Crippen LogP) is 2.61. The van der Waals surface area contributed by atoms with Gasteiger partial charge in [0.2, 0.25) is 5.91 Å². The highest BCUT2D eigenvalue weighted by Crippen LogP contribution is 2.28. The Morgan fingerprint density at radius 1 is 1.40 bits per heavy atom. The summed E-state index contributed by atoms with van der Waals surface area (Å²) in [6.45, 7) is 10.1. The first kappa shape index (κ1) is 12.5. The molecule has 0 N–H and O–H groups in total. The molecule has 1 heterocycles. The van der Waals surface area contributed by atoms with Crippen LogP contribution in [0.25, 0.3) is 0 Å². The molecule has 15 heavy (non-hydrogen) atoms. The van der Waals surface area contributed by atoms with E-state index in [1.807, 2.05) is 0 Å². The molecule has 1 rings (SSSR count). The van der Waals surface area contributed by atoms with Gasteiger partial charge in [-0.25, -0.2) is 5.06 Å². The smallest absolute Gasteiger partial charge is 0.246 e. The Morgan fingerprint density at radius 2 is 2.07 bits per heavy atom. The molecule has 0 aliphatic carbocycles. The highest BCUT2D eigenvalue weighted by atomic mass is 16.7. The highest BCUT2D eigenvalue weighted by molar-refractivity contribution is 5.75. The van der Waals surface area contributed by atoms with Crippen molar-refractivity contribution in [3.63, 3.8) is 0 Å². The zero-order valence-corrected chi connectivity index (χ0v) is 10.4. The Kier molecular flexibility index (Phi) is 4.14. The Hall–Kier alpha value is -0.570. The number of hydrogen-bond acceptors (Lipinski definition) is 2. The number of rotatable bonds is 2. The minimum atomic E-state index is 0.136. The lowest BCUT2D eigenvalue weighted by Crippen LogP contribution is -2.37. The van der Waals surface area contributed by atoms with E-state index in [4.69, 9.17) is 4.84 Å². The van der Waals surface area contributed by atoms with Gasteiger partial charge in [-0.2, -0.15) is 0 Å². The van der Waals surface area contributed by atoms with Gasteiger partial charge < -0.3 is 0 Å². The number of carbonyl (C=O) groups is 1. The highest BCUT2D eigenvalue weighted by Gasteiger charge is 2.26. The van der Waals surface area contributed by atoms with E-state index in [1.54, 1.807) is 5.06 Å². The lowest BCUT2D eigenvalue weighted by atomic mass is 9.80. The van der Waals surface area contributed by atoms with Gasteiger partial charge in [0.1, 0.15) is 0 Å². The maximum Gasteiger partial charge on any atom is 0.246 e. The molecular weight excluding hydrogens is 190 g/mol. The summed E-state index contributed by atoms with van der Waals surface area (Å²) in [5.74, 6) is 0.521. The van der Waals surface area contributed by atoms with Crippen LogP contribution >= 0.6 is 0 Å². The van der Waals surface area contributed by atoms with Crippen molar-refractivity contribution >= 4 is 5.91 Å². The Morgan fingerprint density at radius 3 is 2.53 bits per heavy atom. The van der Waals surface area contributed by atoms with Gasteiger partial charge in [0.25, 0.3) is 0 Å². The Labute approximate surface area is 92.7 Å². The van der Waals surface area contributed by atoms with Crippen LogP contribution in [0.4, 0.5) is 0 Å². The van der Waals surface area contributed by atoms with E-state index in [-0.39, 0.29) is 11.3 Å². The summed E-state index contributed by atoms with van der Waals surface area (Å²) in [4.78, 5) is 17.2. The van der Waals surface area contributed by atoms with Crippen molar-refractivity contribution in [2.75, 3.05) is 13.2 Å². The van der Waals surface area contributed by atoms with Crippen LogP contribution in [0.2, 0.25) is 0 Å². The quantitative estimate of drug-likeness (QED) is 0.705. The van der Waals surface area contributed by atoms with Crippen LogP contribution < -0.4 is 0 Å². The zero-order valence-electron chi connectivity index (χ0n) is 10.4. The van der Waals surface area contributed by atoms with Crippen LogP contribution in [0.3, 0.4) is 0 Å². The van der Waals surface area contributed by atoms with E-state index >= 15 is 0 Å². The third kappa shape index (κ3) is 3.82. The molecule has 1 fully saturated rings. The van der Waals surface area contributed by atoms with E-state index in [0.717, 1.165) is 19.4 Å². The fourth-order valence-corrected chi connectivity index (χ4v) is 1.46. The van der Waals surface area contributed by atoms with E-state index in [1.165, 1.54) is 0 Å². The number of carbonyl (C=O) groups excluding carboxylic acids is 1. The summed E-state index contributed by atoms with van der Waals surface area (Å²) in [6, 6.07) is 0. The van der Waals surface area contributed by atoms with E-state index < -0.39 is 0 Å². The second-order valence-corrected chi connectivity index (χ2v) is 5.51. The van der Waals surface area contributed by atoms with Crippen LogP contribution in [0.15, 0.2) is 0 Å². The van der Waals surface area contributed by atoms with Crippen LogP contribution in [-0.2, 0) is 9.63 Å². The Balaban J connectivity index is 2.40. The topological polar surface area (TPSA) is 29.5 Å². The van der Waals surface area contributed by atoms with Gasteiger partial charge >= 0.3 is 0 Å².